The minimum atomic E-state index is -0.999. The van der Waals surface area contributed by atoms with Crippen LogP contribution in [0, 0.1) is 5.92 Å². The molecule has 0 saturated carbocycles. The van der Waals surface area contributed by atoms with Crippen molar-refractivity contribution in [1.29, 1.82) is 0 Å². The number of aromatic nitrogens is 1. The molecule has 1 saturated heterocycles. The highest BCUT2D eigenvalue weighted by molar-refractivity contribution is 5.85. The van der Waals surface area contributed by atoms with Crippen LogP contribution in [0.15, 0.2) is 18.2 Å². The van der Waals surface area contributed by atoms with Crippen LogP contribution < -0.4 is 5.32 Å². The topological polar surface area (TPSA) is 71.5 Å². The van der Waals surface area contributed by atoms with E-state index in [9.17, 15) is 4.79 Å². The summed E-state index contributed by atoms with van der Waals surface area (Å²) in [5, 5.41) is 12.1. The molecule has 1 aliphatic heterocycles. The number of carbonyl (C=O) groups is 1. The molecule has 1 aliphatic rings. The molecule has 0 aliphatic carbocycles. The van der Waals surface area contributed by atoms with E-state index in [0.29, 0.717) is 23.9 Å². The third kappa shape index (κ3) is 4.20. The molecule has 1 fully saturated rings. The first-order valence-corrected chi connectivity index (χ1v) is 7.14. The highest BCUT2D eigenvalue weighted by Gasteiger charge is 2.23. The number of anilines is 1. The molecule has 2 N–H and O–H groups in total. The first kappa shape index (κ1) is 14.8. The van der Waals surface area contributed by atoms with Gasteiger partial charge in [0, 0.05) is 6.54 Å². The quantitative estimate of drug-likeness (QED) is 0.866. The highest BCUT2D eigenvalue weighted by Crippen LogP contribution is 2.27. The summed E-state index contributed by atoms with van der Waals surface area (Å²) in [6.07, 6.45) is 3.90. The Morgan fingerprint density at radius 1 is 1.40 bits per heavy atom. The molecule has 2 unspecified atom stereocenters. The van der Waals surface area contributed by atoms with E-state index >= 15 is 0 Å². The molecule has 1 aromatic heterocycles. The van der Waals surface area contributed by atoms with Gasteiger partial charge in [0.15, 0.2) is 5.69 Å². The maximum atomic E-state index is 10.8. The van der Waals surface area contributed by atoms with Gasteiger partial charge in [-0.2, -0.15) is 0 Å². The van der Waals surface area contributed by atoms with Gasteiger partial charge in [0.05, 0.1) is 12.2 Å². The van der Waals surface area contributed by atoms with Gasteiger partial charge >= 0.3 is 5.97 Å². The van der Waals surface area contributed by atoms with Gasteiger partial charge in [-0.3, -0.25) is 0 Å². The molecule has 0 aromatic carbocycles. The molecule has 1 aromatic rings. The monoisotopic (exact) mass is 278 g/mol. The maximum absolute atomic E-state index is 10.8. The molecule has 5 heteroatoms. The fourth-order valence-electron chi connectivity index (χ4n) is 2.84. The number of rotatable bonds is 5. The number of nitrogens with zero attached hydrogens (tertiary/aromatic N) is 1. The van der Waals surface area contributed by atoms with E-state index in [1.807, 2.05) is 0 Å². The minimum absolute atomic E-state index is 0.0725. The van der Waals surface area contributed by atoms with Gasteiger partial charge in [-0.15, -0.1) is 0 Å². The predicted octanol–water partition coefficient (Wildman–Crippen LogP) is 2.79. The normalized spacial score (nSPS) is 26.2. The number of ether oxygens (including phenoxy) is 1. The molecular weight excluding hydrogens is 256 g/mol. The van der Waals surface area contributed by atoms with E-state index in [4.69, 9.17) is 9.84 Å². The van der Waals surface area contributed by atoms with E-state index < -0.39 is 5.97 Å². The lowest BCUT2D eigenvalue weighted by Gasteiger charge is -2.32. The van der Waals surface area contributed by atoms with Gasteiger partial charge in [-0.1, -0.05) is 6.07 Å². The molecule has 0 bridgehead atoms. The lowest BCUT2D eigenvalue weighted by molar-refractivity contribution is -0.0527. The van der Waals surface area contributed by atoms with Crippen LogP contribution in [0.2, 0.25) is 0 Å². The molecule has 0 radical (unpaired) electrons. The van der Waals surface area contributed by atoms with Crippen LogP contribution >= 0.6 is 0 Å². The summed E-state index contributed by atoms with van der Waals surface area (Å²) < 4.78 is 5.73. The Bertz CT molecular complexity index is 454. The highest BCUT2D eigenvalue weighted by atomic mass is 16.5. The second kappa shape index (κ2) is 6.70. The zero-order chi connectivity index (χ0) is 14.5. The maximum Gasteiger partial charge on any atom is 0.354 e. The van der Waals surface area contributed by atoms with Crippen LogP contribution in [0.5, 0.6) is 0 Å². The summed E-state index contributed by atoms with van der Waals surface area (Å²) in [4.78, 5) is 14.9. The van der Waals surface area contributed by atoms with Crippen molar-refractivity contribution in [3.8, 4) is 0 Å². The second-order valence-electron chi connectivity index (χ2n) is 5.52. The Hall–Kier alpha value is -1.62. The molecule has 2 rings (SSSR count). The van der Waals surface area contributed by atoms with E-state index in [2.05, 4.69) is 24.1 Å². The average molecular weight is 278 g/mol. The molecule has 2 heterocycles. The van der Waals surface area contributed by atoms with Crippen molar-refractivity contribution >= 4 is 11.8 Å². The van der Waals surface area contributed by atoms with Crippen molar-refractivity contribution in [3.63, 3.8) is 0 Å². The molecule has 5 nitrogen and oxygen atoms in total. The Balaban J connectivity index is 1.81. The van der Waals surface area contributed by atoms with Crippen LogP contribution in [0.25, 0.3) is 0 Å². The van der Waals surface area contributed by atoms with Crippen LogP contribution in [-0.2, 0) is 4.74 Å². The van der Waals surface area contributed by atoms with E-state index in [0.717, 1.165) is 25.8 Å². The van der Waals surface area contributed by atoms with Crippen molar-refractivity contribution in [1.82, 2.24) is 4.98 Å². The zero-order valence-corrected chi connectivity index (χ0v) is 12.0. The third-order valence-electron chi connectivity index (χ3n) is 3.62. The van der Waals surface area contributed by atoms with Crippen LogP contribution in [0.1, 0.15) is 43.6 Å². The summed E-state index contributed by atoms with van der Waals surface area (Å²) in [7, 11) is 0. The summed E-state index contributed by atoms with van der Waals surface area (Å²) in [6, 6.07) is 4.99. The lowest BCUT2D eigenvalue weighted by atomic mass is 9.90. The van der Waals surface area contributed by atoms with E-state index in [-0.39, 0.29) is 5.69 Å². The molecule has 0 amide bonds. The molecule has 0 spiro atoms. The van der Waals surface area contributed by atoms with Crippen LogP contribution in [0.4, 0.5) is 5.82 Å². The fourth-order valence-corrected chi connectivity index (χ4v) is 2.84. The Labute approximate surface area is 119 Å². The number of hydrogen-bond acceptors (Lipinski definition) is 4. The second-order valence-corrected chi connectivity index (χ2v) is 5.52. The number of nitrogens with one attached hydrogen (secondary N) is 1. The summed E-state index contributed by atoms with van der Waals surface area (Å²) in [6.45, 7) is 5.04. The number of carboxylic acids is 1. The number of hydrogen-bond donors (Lipinski definition) is 2. The number of pyridine rings is 1. The van der Waals surface area contributed by atoms with Crippen LogP contribution in [-0.4, -0.2) is 34.8 Å². The molecule has 110 valence electrons. The smallest absolute Gasteiger partial charge is 0.354 e. The summed E-state index contributed by atoms with van der Waals surface area (Å²) in [5.74, 6) is 0.280. The molecular formula is C15H22N2O3. The molecule has 20 heavy (non-hydrogen) atoms. The fraction of sp³-hybridized carbons (Fsp3) is 0.600. The molecule has 2 atom stereocenters. The van der Waals surface area contributed by atoms with Crippen molar-refractivity contribution in [3.05, 3.63) is 23.9 Å². The SMILES string of the molecule is CC1CC(CCNc2cccc(C(=O)O)n2)CC(C)O1. The van der Waals surface area contributed by atoms with E-state index in [1.165, 1.54) is 6.07 Å². The van der Waals surface area contributed by atoms with Gasteiger partial charge in [-0.05, 0) is 51.2 Å². The van der Waals surface area contributed by atoms with Gasteiger partial charge in [0.2, 0.25) is 0 Å². The summed E-state index contributed by atoms with van der Waals surface area (Å²) in [5.41, 5.74) is 0.0725. The average Bonchev–Trinajstić information content (AvgIpc) is 2.38. The summed E-state index contributed by atoms with van der Waals surface area (Å²) >= 11 is 0. The Kier molecular flexibility index (Phi) is 4.95. The van der Waals surface area contributed by atoms with Crippen molar-refractivity contribution in [2.24, 2.45) is 5.92 Å². The number of carboxylic acid groups (broad SMARTS) is 1. The Morgan fingerprint density at radius 3 is 2.75 bits per heavy atom. The third-order valence-corrected chi connectivity index (χ3v) is 3.62. The van der Waals surface area contributed by atoms with Crippen molar-refractivity contribution in [2.75, 3.05) is 11.9 Å². The standard InChI is InChI=1S/C15H22N2O3/c1-10-8-12(9-11(2)20-10)6-7-16-14-5-3-4-13(17-14)15(18)19/h3-5,10-12H,6-9H2,1-2H3,(H,16,17)(H,18,19). The first-order valence-electron chi connectivity index (χ1n) is 7.14. The van der Waals surface area contributed by atoms with Crippen molar-refractivity contribution < 1.29 is 14.6 Å². The Morgan fingerprint density at radius 2 is 2.10 bits per heavy atom. The largest absolute Gasteiger partial charge is 0.477 e. The number of aromatic carboxylic acids is 1. The minimum Gasteiger partial charge on any atom is -0.477 e. The lowest BCUT2D eigenvalue weighted by Crippen LogP contribution is -2.30. The predicted molar refractivity (Wildman–Crippen MR) is 77.0 cm³/mol. The first-order chi connectivity index (χ1) is 9.54. The van der Waals surface area contributed by atoms with Gasteiger partial charge in [0.1, 0.15) is 5.82 Å². The van der Waals surface area contributed by atoms with Gasteiger partial charge in [0.25, 0.3) is 0 Å². The van der Waals surface area contributed by atoms with Crippen LogP contribution in [0.3, 0.4) is 0 Å². The zero-order valence-electron chi connectivity index (χ0n) is 12.0. The van der Waals surface area contributed by atoms with Gasteiger partial charge < -0.3 is 15.2 Å². The van der Waals surface area contributed by atoms with Crippen molar-refractivity contribution in [2.45, 2.75) is 45.3 Å². The van der Waals surface area contributed by atoms with Gasteiger partial charge in [-0.25, -0.2) is 9.78 Å². The van der Waals surface area contributed by atoms with E-state index in [1.54, 1.807) is 12.1 Å².